The van der Waals surface area contributed by atoms with Gasteiger partial charge in [-0.25, -0.2) is 4.79 Å². The van der Waals surface area contributed by atoms with Gasteiger partial charge in [0.05, 0.1) is 4.91 Å². The predicted octanol–water partition coefficient (Wildman–Crippen LogP) is 0.0602. The standard InChI is InChI=1S/C3H4O4.C3H4O2S/c4-2(5)1-3(6)7;1-2(6)3(4)5/h1H2,(H,4,5)(H,6,7);6H,1H2,(H,4,5). The lowest BCUT2D eigenvalue weighted by Gasteiger charge is -1.80. The molecule has 0 aliphatic rings. The minimum absolute atomic E-state index is 0.130. The van der Waals surface area contributed by atoms with E-state index in [2.05, 4.69) is 19.2 Å². The number of hydrogen-bond acceptors (Lipinski definition) is 4. The molecular formula is C6H8O6S. The minimum atomic E-state index is -1.31. The Bertz CT molecular complexity index is 209. The van der Waals surface area contributed by atoms with Crippen molar-refractivity contribution in [2.45, 2.75) is 6.42 Å². The maximum absolute atomic E-state index is 9.52. The van der Waals surface area contributed by atoms with Gasteiger partial charge in [-0.2, -0.15) is 0 Å². The SMILES string of the molecule is C=C(S)C(=O)O.O=C(O)CC(=O)O. The van der Waals surface area contributed by atoms with E-state index in [0.717, 1.165) is 0 Å². The molecule has 0 rings (SSSR count). The molecule has 0 heterocycles. The topological polar surface area (TPSA) is 112 Å². The van der Waals surface area contributed by atoms with E-state index in [4.69, 9.17) is 15.3 Å². The van der Waals surface area contributed by atoms with E-state index in [1.54, 1.807) is 0 Å². The molecule has 0 saturated heterocycles. The highest BCUT2D eigenvalue weighted by Crippen LogP contribution is 1.91. The smallest absolute Gasteiger partial charge is 0.341 e. The molecular weight excluding hydrogens is 200 g/mol. The van der Waals surface area contributed by atoms with Gasteiger partial charge in [-0.05, 0) is 0 Å². The zero-order valence-corrected chi connectivity index (χ0v) is 7.32. The second-order valence-electron chi connectivity index (χ2n) is 1.72. The molecule has 74 valence electrons. The number of carbonyl (C=O) groups is 3. The largest absolute Gasteiger partial charge is 0.481 e. The Morgan fingerprint density at radius 3 is 1.31 bits per heavy atom. The van der Waals surface area contributed by atoms with E-state index in [1.807, 2.05) is 0 Å². The van der Waals surface area contributed by atoms with Crippen molar-refractivity contribution in [2.24, 2.45) is 0 Å². The minimum Gasteiger partial charge on any atom is -0.481 e. The highest BCUT2D eigenvalue weighted by atomic mass is 32.1. The van der Waals surface area contributed by atoms with Crippen molar-refractivity contribution in [3.05, 3.63) is 11.5 Å². The number of thiol groups is 1. The fourth-order valence-electron chi connectivity index (χ4n) is 0.129. The Balaban J connectivity index is 0. The van der Waals surface area contributed by atoms with Gasteiger partial charge in [0.1, 0.15) is 6.42 Å². The Hall–Kier alpha value is -1.50. The first-order valence-corrected chi connectivity index (χ1v) is 3.26. The number of hydrogen-bond donors (Lipinski definition) is 4. The van der Waals surface area contributed by atoms with Gasteiger partial charge >= 0.3 is 17.9 Å². The monoisotopic (exact) mass is 208 g/mol. The molecule has 0 aromatic rings. The van der Waals surface area contributed by atoms with Crippen LogP contribution in [0.25, 0.3) is 0 Å². The summed E-state index contributed by atoms with van der Waals surface area (Å²) in [6.07, 6.45) is -0.806. The fraction of sp³-hybridized carbons (Fsp3) is 0.167. The van der Waals surface area contributed by atoms with Gasteiger partial charge in [0.15, 0.2) is 0 Å². The molecule has 0 aliphatic carbocycles. The molecule has 0 radical (unpaired) electrons. The number of aliphatic carboxylic acids is 3. The lowest BCUT2D eigenvalue weighted by molar-refractivity contribution is -0.147. The first-order chi connectivity index (χ1) is 5.77. The molecule has 0 fully saturated rings. The Labute approximate surface area is 78.9 Å². The van der Waals surface area contributed by atoms with Crippen LogP contribution in [-0.4, -0.2) is 33.2 Å². The van der Waals surface area contributed by atoms with Gasteiger partial charge in [-0.15, -0.1) is 12.6 Å². The van der Waals surface area contributed by atoms with Gasteiger partial charge in [0, 0.05) is 0 Å². The van der Waals surface area contributed by atoms with E-state index < -0.39 is 24.3 Å². The summed E-state index contributed by atoms with van der Waals surface area (Å²) in [6, 6.07) is 0. The van der Waals surface area contributed by atoms with Crippen LogP contribution in [0.5, 0.6) is 0 Å². The first kappa shape index (κ1) is 14.0. The van der Waals surface area contributed by atoms with E-state index in [-0.39, 0.29) is 4.91 Å². The Morgan fingerprint density at radius 2 is 1.31 bits per heavy atom. The molecule has 0 bridgehead atoms. The molecule has 3 N–H and O–H groups in total. The van der Waals surface area contributed by atoms with Gasteiger partial charge in [-0.1, -0.05) is 6.58 Å². The molecule has 0 aromatic carbocycles. The lowest BCUT2D eigenvalue weighted by atomic mass is 10.5. The zero-order valence-electron chi connectivity index (χ0n) is 6.43. The van der Waals surface area contributed by atoms with Crippen molar-refractivity contribution >= 4 is 30.5 Å². The highest BCUT2D eigenvalue weighted by molar-refractivity contribution is 7.85. The third-order valence-corrected chi connectivity index (χ3v) is 0.741. The van der Waals surface area contributed by atoms with Crippen LogP contribution in [-0.2, 0) is 14.4 Å². The molecule has 0 spiro atoms. The van der Waals surface area contributed by atoms with Crippen molar-refractivity contribution in [1.29, 1.82) is 0 Å². The molecule has 0 aliphatic heterocycles. The van der Waals surface area contributed by atoms with Crippen molar-refractivity contribution < 1.29 is 29.7 Å². The molecule has 6 nitrogen and oxygen atoms in total. The summed E-state index contributed by atoms with van der Waals surface area (Å²) in [7, 11) is 0. The van der Waals surface area contributed by atoms with E-state index in [0.29, 0.717) is 0 Å². The van der Waals surface area contributed by atoms with Crippen LogP contribution in [0, 0.1) is 0 Å². The molecule has 0 saturated carbocycles. The predicted molar refractivity (Wildman–Crippen MR) is 45.7 cm³/mol. The quantitative estimate of drug-likeness (QED) is 0.296. The first-order valence-electron chi connectivity index (χ1n) is 2.82. The summed E-state index contributed by atoms with van der Waals surface area (Å²) in [5, 5.41) is 23.2. The number of carboxylic acid groups (broad SMARTS) is 3. The van der Waals surface area contributed by atoms with Crippen LogP contribution < -0.4 is 0 Å². The van der Waals surface area contributed by atoms with Crippen LogP contribution in [0.2, 0.25) is 0 Å². The maximum Gasteiger partial charge on any atom is 0.341 e. The maximum atomic E-state index is 9.52. The van der Waals surface area contributed by atoms with Crippen LogP contribution >= 0.6 is 12.6 Å². The van der Waals surface area contributed by atoms with Gasteiger partial charge in [-0.3, -0.25) is 9.59 Å². The number of rotatable bonds is 3. The third kappa shape index (κ3) is 18.0. The second-order valence-corrected chi connectivity index (χ2v) is 2.26. The van der Waals surface area contributed by atoms with E-state index in [9.17, 15) is 14.4 Å². The van der Waals surface area contributed by atoms with E-state index in [1.165, 1.54) is 0 Å². The lowest BCUT2D eigenvalue weighted by Crippen LogP contribution is -2.03. The van der Waals surface area contributed by atoms with Crippen molar-refractivity contribution in [3.63, 3.8) is 0 Å². The van der Waals surface area contributed by atoms with E-state index >= 15 is 0 Å². The molecule has 0 aromatic heterocycles. The summed E-state index contributed by atoms with van der Waals surface area (Å²) in [4.78, 5) is 28.3. The molecule has 0 amide bonds. The average molecular weight is 208 g/mol. The van der Waals surface area contributed by atoms with Crippen LogP contribution in [0.3, 0.4) is 0 Å². The molecule has 13 heavy (non-hydrogen) atoms. The normalized spacial score (nSPS) is 7.77. The van der Waals surface area contributed by atoms with Crippen LogP contribution in [0.1, 0.15) is 6.42 Å². The van der Waals surface area contributed by atoms with Gasteiger partial charge in [0.2, 0.25) is 0 Å². The van der Waals surface area contributed by atoms with Gasteiger partial charge in [0.25, 0.3) is 0 Å². The summed E-state index contributed by atoms with van der Waals surface area (Å²) in [5.41, 5.74) is 0. The molecule has 7 heteroatoms. The average Bonchev–Trinajstić information content (AvgIpc) is 1.84. The molecule has 0 unspecified atom stereocenters. The van der Waals surface area contributed by atoms with Crippen molar-refractivity contribution in [1.82, 2.24) is 0 Å². The Morgan fingerprint density at radius 1 is 1.08 bits per heavy atom. The summed E-state index contributed by atoms with van der Waals surface area (Å²) in [5.74, 6) is -3.70. The Kier molecular flexibility index (Phi) is 7.74. The summed E-state index contributed by atoms with van der Waals surface area (Å²) in [6.45, 7) is 3.02. The summed E-state index contributed by atoms with van der Waals surface area (Å²) < 4.78 is 0. The van der Waals surface area contributed by atoms with Crippen LogP contribution in [0.4, 0.5) is 0 Å². The van der Waals surface area contributed by atoms with Crippen molar-refractivity contribution in [3.8, 4) is 0 Å². The van der Waals surface area contributed by atoms with Crippen LogP contribution in [0.15, 0.2) is 11.5 Å². The fourth-order valence-corrected chi connectivity index (χ4v) is 0.129. The van der Waals surface area contributed by atoms with Gasteiger partial charge < -0.3 is 15.3 Å². The highest BCUT2D eigenvalue weighted by Gasteiger charge is 2.01. The van der Waals surface area contributed by atoms with Crippen molar-refractivity contribution in [2.75, 3.05) is 0 Å². The third-order valence-electron chi connectivity index (χ3n) is 0.549. The zero-order chi connectivity index (χ0) is 11.0. The second kappa shape index (κ2) is 7.17. The summed E-state index contributed by atoms with van der Waals surface area (Å²) >= 11 is 3.40. The molecule has 0 atom stereocenters. The number of carboxylic acids is 3.